The van der Waals surface area contributed by atoms with Crippen LogP contribution in [0.3, 0.4) is 0 Å². The molecule has 3 heterocycles. The van der Waals surface area contributed by atoms with Gasteiger partial charge in [0.2, 0.25) is 0 Å². The Kier molecular flexibility index (Phi) is 9.55. The van der Waals surface area contributed by atoms with E-state index in [4.69, 9.17) is 9.84 Å². The number of carboxylic acid groups (broad SMARTS) is 1. The molecule has 3 aliphatic heterocycles. The van der Waals surface area contributed by atoms with Gasteiger partial charge in [-0.2, -0.15) is 0 Å². The third-order valence-corrected chi connectivity index (χ3v) is 5.86. The molecule has 8 heteroatoms. The average molecular weight is 426 g/mol. The van der Waals surface area contributed by atoms with Crippen LogP contribution in [0.5, 0.6) is 0 Å². The van der Waals surface area contributed by atoms with Gasteiger partial charge in [0, 0.05) is 44.4 Å². The molecule has 1 amide bonds. The first kappa shape index (κ1) is 24.6. The van der Waals surface area contributed by atoms with E-state index >= 15 is 0 Å². The second-order valence-electron chi connectivity index (χ2n) is 9.45. The van der Waals surface area contributed by atoms with Crippen molar-refractivity contribution in [1.82, 2.24) is 15.1 Å². The van der Waals surface area contributed by atoms with Crippen molar-refractivity contribution in [3.05, 3.63) is 0 Å². The van der Waals surface area contributed by atoms with Crippen LogP contribution >= 0.6 is 0 Å². The number of amides is 1. The van der Waals surface area contributed by atoms with Crippen LogP contribution in [-0.2, 0) is 14.3 Å². The van der Waals surface area contributed by atoms with Crippen LogP contribution in [0.15, 0.2) is 0 Å². The minimum atomic E-state index is -0.655. The summed E-state index contributed by atoms with van der Waals surface area (Å²) >= 11 is 0. The number of piperidine rings is 2. The van der Waals surface area contributed by atoms with Crippen molar-refractivity contribution in [2.24, 2.45) is 0 Å². The molecule has 3 fully saturated rings. The van der Waals surface area contributed by atoms with Crippen LogP contribution in [0, 0.1) is 0 Å². The number of ether oxygens (including phenoxy) is 1. The van der Waals surface area contributed by atoms with Gasteiger partial charge in [-0.05, 0) is 72.5 Å². The highest BCUT2D eigenvalue weighted by molar-refractivity contribution is 5.81. The molecule has 0 aromatic rings. The van der Waals surface area contributed by atoms with E-state index in [0.717, 1.165) is 19.5 Å². The van der Waals surface area contributed by atoms with Gasteiger partial charge >= 0.3 is 12.1 Å². The predicted molar refractivity (Wildman–Crippen MR) is 115 cm³/mol. The van der Waals surface area contributed by atoms with Gasteiger partial charge in [-0.3, -0.25) is 14.5 Å². The molecule has 0 aliphatic carbocycles. The van der Waals surface area contributed by atoms with Gasteiger partial charge in [0.1, 0.15) is 11.4 Å². The average Bonchev–Trinajstić information content (AvgIpc) is 3.15. The fourth-order valence-corrected chi connectivity index (χ4v) is 4.34. The summed E-state index contributed by atoms with van der Waals surface area (Å²) in [6.45, 7) is 9.90. The van der Waals surface area contributed by atoms with Crippen LogP contribution < -0.4 is 5.32 Å². The minimum Gasteiger partial charge on any atom is -0.481 e. The molecule has 1 atom stereocenters. The van der Waals surface area contributed by atoms with Gasteiger partial charge in [0.25, 0.3) is 0 Å². The maximum absolute atomic E-state index is 11.5. The zero-order chi connectivity index (χ0) is 22.1. The summed E-state index contributed by atoms with van der Waals surface area (Å²) in [5, 5.41) is 12.1. The lowest BCUT2D eigenvalue weighted by Crippen LogP contribution is -2.45. The molecule has 2 N–H and O–H groups in total. The quantitative estimate of drug-likeness (QED) is 0.714. The molecule has 30 heavy (non-hydrogen) atoms. The van der Waals surface area contributed by atoms with Crippen molar-refractivity contribution >= 4 is 17.8 Å². The highest BCUT2D eigenvalue weighted by Crippen LogP contribution is 2.27. The Morgan fingerprint density at radius 3 is 2.30 bits per heavy atom. The maximum Gasteiger partial charge on any atom is 0.410 e. The lowest BCUT2D eigenvalue weighted by Gasteiger charge is -2.35. The van der Waals surface area contributed by atoms with E-state index in [1.54, 1.807) is 4.90 Å². The van der Waals surface area contributed by atoms with Crippen molar-refractivity contribution in [3.8, 4) is 0 Å². The number of rotatable bonds is 4. The Balaban J connectivity index is 0.000000216. The van der Waals surface area contributed by atoms with E-state index in [0.29, 0.717) is 44.4 Å². The number of hydrogen-bond donors (Lipinski definition) is 2. The summed E-state index contributed by atoms with van der Waals surface area (Å²) in [6, 6.07) is 1.22. The third kappa shape index (κ3) is 8.60. The van der Waals surface area contributed by atoms with Crippen molar-refractivity contribution < 1.29 is 24.2 Å². The number of likely N-dealkylation sites (tertiary alicyclic amines) is 2. The lowest BCUT2D eigenvalue weighted by molar-refractivity contribution is -0.137. The van der Waals surface area contributed by atoms with Gasteiger partial charge in [-0.25, -0.2) is 4.79 Å². The number of carbonyl (C=O) groups excluding carboxylic acids is 2. The Morgan fingerprint density at radius 2 is 1.73 bits per heavy atom. The van der Waals surface area contributed by atoms with Crippen LogP contribution in [0.25, 0.3) is 0 Å². The molecule has 172 valence electrons. The normalized spacial score (nSPS) is 23.6. The van der Waals surface area contributed by atoms with Gasteiger partial charge in [0.05, 0.1) is 0 Å². The number of Topliss-reactive ketones (excluding diaryl/α,β-unsaturated/α-hetero) is 1. The number of nitrogens with zero attached hydrogens (tertiary/aromatic N) is 2. The number of aliphatic carboxylic acids is 1. The predicted octanol–water partition coefficient (Wildman–Crippen LogP) is 2.65. The fraction of sp³-hybridized carbons (Fsp3) is 0.864. The molecule has 0 bridgehead atoms. The first-order valence-electron chi connectivity index (χ1n) is 11.3. The van der Waals surface area contributed by atoms with E-state index in [-0.39, 0.29) is 11.9 Å². The van der Waals surface area contributed by atoms with Crippen molar-refractivity contribution in [2.75, 3.05) is 32.7 Å². The Labute approximate surface area is 180 Å². The molecule has 0 unspecified atom stereocenters. The molecule has 0 spiro atoms. The van der Waals surface area contributed by atoms with Gasteiger partial charge < -0.3 is 20.1 Å². The van der Waals surface area contributed by atoms with E-state index in [1.807, 2.05) is 20.8 Å². The highest BCUT2D eigenvalue weighted by Gasteiger charge is 2.31. The number of carbonyl (C=O) groups is 3. The summed E-state index contributed by atoms with van der Waals surface area (Å²) < 4.78 is 5.19. The minimum absolute atomic E-state index is 0.227. The van der Waals surface area contributed by atoms with Crippen molar-refractivity contribution in [2.45, 2.75) is 89.8 Å². The molecule has 3 aliphatic rings. The zero-order valence-electron chi connectivity index (χ0n) is 18.8. The van der Waals surface area contributed by atoms with Gasteiger partial charge in [0.15, 0.2) is 0 Å². The topological polar surface area (TPSA) is 99.2 Å². The molecule has 3 saturated heterocycles. The summed E-state index contributed by atoms with van der Waals surface area (Å²) in [5.41, 5.74) is -0.460. The van der Waals surface area contributed by atoms with Crippen molar-refractivity contribution in [1.29, 1.82) is 0 Å². The Bertz CT molecular complexity index is 574. The molecule has 0 aromatic heterocycles. The molecule has 3 rings (SSSR count). The molecule has 0 aromatic carbocycles. The van der Waals surface area contributed by atoms with Gasteiger partial charge in [-0.15, -0.1) is 0 Å². The summed E-state index contributed by atoms with van der Waals surface area (Å²) in [4.78, 5) is 37.2. The number of nitrogens with one attached hydrogen (secondary N) is 1. The van der Waals surface area contributed by atoms with E-state index in [1.165, 1.54) is 32.2 Å². The molecule has 8 nitrogen and oxygen atoms in total. The van der Waals surface area contributed by atoms with Crippen LogP contribution in [0.4, 0.5) is 4.79 Å². The summed E-state index contributed by atoms with van der Waals surface area (Å²) in [7, 11) is 0. The fourth-order valence-electron chi connectivity index (χ4n) is 4.34. The summed E-state index contributed by atoms with van der Waals surface area (Å²) in [5.74, 6) is -0.429. The van der Waals surface area contributed by atoms with Crippen LogP contribution in [0.1, 0.15) is 72.1 Å². The first-order valence-corrected chi connectivity index (χ1v) is 11.3. The first-order chi connectivity index (χ1) is 14.2. The van der Waals surface area contributed by atoms with Crippen LogP contribution in [-0.4, -0.2) is 83.2 Å². The Morgan fingerprint density at radius 1 is 1.10 bits per heavy atom. The lowest BCUT2D eigenvalue weighted by atomic mass is 10.0. The van der Waals surface area contributed by atoms with Crippen molar-refractivity contribution in [3.63, 3.8) is 0 Å². The number of carboxylic acids is 1. The smallest absolute Gasteiger partial charge is 0.410 e. The van der Waals surface area contributed by atoms with Gasteiger partial charge in [-0.1, -0.05) is 0 Å². The molecular formula is C22H39N3O5. The number of hydrogen-bond acceptors (Lipinski definition) is 6. The zero-order valence-corrected chi connectivity index (χ0v) is 18.8. The summed E-state index contributed by atoms with van der Waals surface area (Å²) in [6.07, 6.45) is 6.65. The maximum atomic E-state index is 11.5. The van der Waals surface area contributed by atoms with E-state index in [9.17, 15) is 14.4 Å². The highest BCUT2D eigenvalue weighted by atomic mass is 16.6. The second-order valence-corrected chi connectivity index (χ2v) is 9.45. The second kappa shape index (κ2) is 11.6. The monoisotopic (exact) mass is 425 g/mol. The third-order valence-electron chi connectivity index (χ3n) is 5.86. The van der Waals surface area contributed by atoms with E-state index < -0.39 is 11.6 Å². The number of ketones is 1. The van der Waals surface area contributed by atoms with E-state index in [2.05, 4.69) is 10.2 Å². The molecular weight excluding hydrogens is 386 g/mol. The SMILES string of the molecule is CC(C)(C)OC(=O)N1CCC(=O)CC1.O=C(O)CC[C@@H]1CCCN1C1CCNCC1. The van der Waals surface area contributed by atoms with Crippen LogP contribution in [0.2, 0.25) is 0 Å². The Hall–Kier alpha value is -1.67. The molecule has 0 radical (unpaired) electrons. The standard InChI is InChI=1S/C12H22N2O2.C10H17NO3/c15-12(16)4-3-10-2-1-9-14(10)11-5-7-13-8-6-11;1-10(2,3)14-9(13)11-6-4-8(12)5-7-11/h10-11,13H,1-9H2,(H,15,16);4-7H2,1-3H3/t10-;/m0./s1. The largest absolute Gasteiger partial charge is 0.481 e. The molecule has 0 saturated carbocycles.